The highest BCUT2D eigenvalue weighted by atomic mass is 35.5. The lowest BCUT2D eigenvalue weighted by atomic mass is 10.1. The van der Waals surface area contributed by atoms with Crippen LogP contribution < -0.4 is 5.56 Å². The van der Waals surface area contributed by atoms with Gasteiger partial charge in [-0.05, 0) is 11.6 Å². The summed E-state index contributed by atoms with van der Waals surface area (Å²) in [5.41, 5.74) is 2.20. The van der Waals surface area contributed by atoms with Crippen molar-refractivity contribution in [3.8, 4) is 6.07 Å². The third-order valence-electron chi connectivity index (χ3n) is 3.21. The van der Waals surface area contributed by atoms with Gasteiger partial charge < -0.3 is 0 Å². The molecule has 20 heavy (non-hydrogen) atoms. The van der Waals surface area contributed by atoms with Crippen LogP contribution in [0, 0.1) is 11.3 Å². The molecule has 2 aromatic heterocycles. The summed E-state index contributed by atoms with van der Waals surface area (Å²) >= 11 is 6.21. The van der Waals surface area contributed by atoms with Crippen molar-refractivity contribution in [2.45, 2.75) is 6.42 Å². The van der Waals surface area contributed by atoms with Gasteiger partial charge in [0.2, 0.25) is 0 Å². The monoisotopic (exact) mass is 283 g/mol. The molecule has 98 valence electrons. The number of H-pyrrole nitrogens is 1. The molecule has 1 aromatic carbocycles. The van der Waals surface area contributed by atoms with Gasteiger partial charge in [-0.2, -0.15) is 5.26 Å². The molecule has 3 rings (SSSR count). The Bertz CT molecular complexity index is 872. The first-order valence-corrected chi connectivity index (χ1v) is 6.44. The molecule has 0 bridgehead atoms. The van der Waals surface area contributed by atoms with Gasteiger partial charge in [0.15, 0.2) is 0 Å². The fraction of sp³-hybridized carbons (Fsp3) is 0.0667. The largest absolute Gasteiger partial charge is 0.297 e. The summed E-state index contributed by atoms with van der Waals surface area (Å²) in [7, 11) is 0. The summed E-state index contributed by atoms with van der Waals surface area (Å²) in [6.45, 7) is 0. The van der Waals surface area contributed by atoms with Crippen molar-refractivity contribution in [3.05, 3.63) is 74.7 Å². The third-order valence-corrected chi connectivity index (χ3v) is 3.55. The molecule has 0 unspecified atom stereocenters. The Kier molecular flexibility index (Phi) is 3.05. The second-order valence-electron chi connectivity index (χ2n) is 4.46. The molecule has 0 aliphatic heterocycles. The van der Waals surface area contributed by atoms with Gasteiger partial charge in [-0.1, -0.05) is 41.9 Å². The second-order valence-corrected chi connectivity index (χ2v) is 4.87. The maximum absolute atomic E-state index is 12.4. The Balaban J connectivity index is 2.18. The van der Waals surface area contributed by atoms with E-state index >= 15 is 0 Å². The van der Waals surface area contributed by atoms with E-state index < -0.39 is 0 Å². The van der Waals surface area contributed by atoms with Gasteiger partial charge in [-0.15, -0.1) is 0 Å². The van der Waals surface area contributed by atoms with E-state index in [2.05, 4.69) is 5.10 Å². The standard InChI is InChI=1S/C15H10ClN3O/c16-13-7-14-11(8-17)9-18-19(14)15(20)12(13)6-10-4-2-1-3-5-10/h1-5,7,9,18H,6H2. The molecule has 0 aliphatic rings. The molecule has 0 aliphatic carbocycles. The van der Waals surface area contributed by atoms with E-state index in [9.17, 15) is 4.79 Å². The Morgan fingerprint density at radius 1 is 1.30 bits per heavy atom. The fourth-order valence-corrected chi connectivity index (χ4v) is 2.45. The number of hydrogen-bond acceptors (Lipinski definition) is 2. The van der Waals surface area contributed by atoms with Gasteiger partial charge >= 0.3 is 0 Å². The lowest BCUT2D eigenvalue weighted by Gasteiger charge is -2.05. The van der Waals surface area contributed by atoms with E-state index in [-0.39, 0.29) is 5.56 Å². The minimum absolute atomic E-state index is 0.224. The summed E-state index contributed by atoms with van der Waals surface area (Å²) in [4.78, 5) is 12.4. The SMILES string of the molecule is N#Cc1c[nH]n2c(=O)c(Cc3ccccc3)c(Cl)cc12. The first-order valence-electron chi connectivity index (χ1n) is 6.06. The Morgan fingerprint density at radius 3 is 2.75 bits per heavy atom. The van der Waals surface area contributed by atoms with Crippen LogP contribution in [0.4, 0.5) is 0 Å². The molecule has 2 heterocycles. The van der Waals surface area contributed by atoms with Gasteiger partial charge in [0.05, 0.1) is 16.1 Å². The quantitative estimate of drug-likeness (QED) is 0.786. The summed E-state index contributed by atoms with van der Waals surface area (Å²) in [5.74, 6) is 0. The maximum atomic E-state index is 12.4. The first kappa shape index (κ1) is 12.5. The van der Waals surface area contributed by atoms with Gasteiger partial charge in [-0.3, -0.25) is 9.89 Å². The Hall–Kier alpha value is -2.51. The van der Waals surface area contributed by atoms with Crippen molar-refractivity contribution in [2.75, 3.05) is 0 Å². The Morgan fingerprint density at radius 2 is 2.05 bits per heavy atom. The minimum Gasteiger partial charge on any atom is -0.297 e. The summed E-state index contributed by atoms with van der Waals surface area (Å²) in [5, 5.41) is 12.2. The summed E-state index contributed by atoms with van der Waals surface area (Å²) < 4.78 is 1.35. The van der Waals surface area contributed by atoms with E-state index in [1.54, 1.807) is 6.07 Å². The van der Waals surface area contributed by atoms with E-state index in [1.165, 1.54) is 10.7 Å². The van der Waals surface area contributed by atoms with Crippen molar-refractivity contribution in [1.82, 2.24) is 9.61 Å². The lowest BCUT2D eigenvalue weighted by Crippen LogP contribution is -2.19. The summed E-state index contributed by atoms with van der Waals surface area (Å²) in [6, 6.07) is 13.3. The van der Waals surface area contributed by atoms with Crippen LogP contribution in [0.5, 0.6) is 0 Å². The average Bonchev–Trinajstić information content (AvgIpc) is 2.87. The molecule has 0 radical (unpaired) electrons. The van der Waals surface area contributed by atoms with Gasteiger partial charge in [0, 0.05) is 18.2 Å². The molecule has 1 N–H and O–H groups in total. The Labute approximate surface area is 119 Å². The van der Waals surface area contributed by atoms with Crippen molar-refractivity contribution < 1.29 is 0 Å². The molecular formula is C15H10ClN3O. The third kappa shape index (κ3) is 1.98. The number of nitrogens with zero attached hydrogens (tertiary/aromatic N) is 2. The number of aromatic nitrogens is 2. The van der Waals surface area contributed by atoms with E-state index in [0.29, 0.717) is 28.1 Å². The van der Waals surface area contributed by atoms with Crippen LogP contribution in [0.15, 0.2) is 47.4 Å². The number of pyridine rings is 1. The van der Waals surface area contributed by atoms with Crippen LogP contribution in [0.3, 0.4) is 0 Å². The number of nitrogens with one attached hydrogen (secondary N) is 1. The number of halogens is 1. The van der Waals surface area contributed by atoms with Crippen molar-refractivity contribution in [3.63, 3.8) is 0 Å². The van der Waals surface area contributed by atoms with E-state index in [4.69, 9.17) is 16.9 Å². The van der Waals surface area contributed by atoms with Crippen LogP contribution in [-0.2, 0) is 6.42 Å². The predicted molar refractivity (Wildman–Crippen MR) is 77.0 cm³/mol. The van der Waals surface area contributed by atoms with Gasteiger partial charge in [0.25, 0.3) is 5.56 Å². The highest BCUT2D eigenvalue weighted by Crippen LogP contribution is 2.20. The number of nitriles is 1. The van der Waals surface area contributed by atoms with E-state index in [0.717, 1.165) is 5.56 Å². The maximum Gasteiger partial charge on any atom is 0.274 e. The number of aromatic amines is 1. The molecule has 0 saturated heterocycles. The lowest BCUT2D eigenvalue weighted by molar-refractivity contribution is 0.896. The normalized spacial score (nSPS) is 10.6. The molecule has 0 spiro atoms. The molecule has 0 fully saturated rings. The van der Waals surface area contributed by atoms with Gasteiger partial charge in [-0.25, -0.2) is 4.52 Å². The van der Waals surface area contributed by atoms with Crippen molar-refractivity contribution in [2.24, 2.45) is 0 Å². The van der Waals surface area contributed by atoms with Crippen LogP contribution in [0.2, 0.25) is 5.02 Å². The number of hydrogen-bond donors (Lipinski definition) is 1. The van der Waals surface area contributed by atoms with Crippen LogP contribution in [-0.4, -0.2) is 9.61 Å². The summed E-state index contributed by atoms with van der Waals surface area (Å²) in [6.07, 6.45) is 1.96. The van der Waals surface area contributed by atoms with Crippen molar-refractivity contribution >= 4 is 17.1 Å². The molecule has 5 heteroatoms. The molecule has 4 nitrogen and oxygen atoms in total. The van der Waals surface area contributed by atoms with E-state index in [1.807, 2.05) is 36.4 Å². The zero-order valence-electron chi connectivity index (χ0n) is 10.4. The number of rotatable bonds is 2. The van der Waals surface area contributed by atoms with Crippen LogP contribution >= 0.6 is 11.6 Å². The van der Waals surface area contributed by atoms with Gasteiger partial charge in [0.1, 0.15) is 6.07 Å². The topological polar surface area (TPSA) is 61.1 Å². The number of benzene rings is 1. The second kappa shape index (κ2) is 4.87. The predicted octanol–water partition coefficient (Wildman–Crippen LogP) is 2.74. The molecule has 0 atom stereocenters. The highest BCUT2D eigenvalue weighted by Gasteiger charge is 2.13. The molecular weight excluding hydrogens is 274 g/mol. The van der Waals surface area contributed by atoms with Crippen LogP contribution in [0.1, 0.15) is 16.7 Å². The zero-order valence-corrected chi connectivity index (χ0v) is 11.2. The molecule has 3 aromatic rings. The number of fused-ring (bicyclic) bond motifs is 1. The van der Waals surface area contributed by atoms with Crippen LogP contribution in [0.25, 0.3) is 5.52 Å². The molecule has 0 amide bonds. The average molecular weight is 284 g/mol. The smallest absolute Gasteiger partial charge is 0.274 e. The fourth-order valence-electron chi connectivity index (χ4n) is 2.20. The highest BCUT2D eigenvalue weighted by molar-refractivity contribution is 6.31. The van der Waals surface area contributed by atoms with Crippen molar-refractivity contribution in [1.29, 1.82) is 5.26 Å². The zero-order chi connectivity index (χ0) is 14.1. The molecule has 0 saturated carbocycles. The first-order chi connectivity index (χ1) is 9.70. The minimum atomic E-state index is -0.224.